The number of rotatable bonds is 5. The van der Waals surface area contributed by atoms with Gasteiger partial charge in [-0.1, -0.05) is 76.3 Å². The van der Waals surface area contributed by atoms with Gasteiger partial charge in [0, 0.05) is 61.2 Å². The molecular weight excluding hydrogens is 787 g/mol. The Labute approximate surface area is 354 Å². The number of ketones is 1. The van der Waals surface area contributed by atoms with Gasteiger partial charge >= 0.3 is 11.8 Å². The molecule has 0 saturated carbocycles. The number of carbonyl (C=O) groups excluding carboxylic acids is 3. The zero-order valence-electron chi connectivity index (χ0n) is 35.7. The number of amides is 1. The number of nitrogens with zero attached hydrogens (tertiary/aromatic N) is 3. The number of carbonyl (C=O) groups is 3. The lowest BCUT2D eigenvalue weighted by atomic mass is 9.78. The summed E-state index contributed by atoms with van der Waals surface area (Å²) in [6.45, 7) is 12.8. The fraction of sp³-hybridized carbons (Fsp3) is 0.422. The zero-order chi connectivity index (χ0) is 44.9. The highest BCUT2D eigenvalue weighted by Crippen LogP contribution is 2.54. The highest BCUT2D eigenvalue weighted by atomic mass is 16.7. The number of nitrogens with two attached hydrogens (primary N) is 1. The molecule has 5 bridgehead atoms. The molecule has 9 unspecified atom stereocenters. The molecule has 326 valence electrons. The van der Waals surface area contributed by atoms with E-state index in [-0.39, 0.29) is 57.1 Å². The maximum atomic E-state index is 14.5. The Balaban J connectivity index is 1.68. The first-order valence-corrected chi connectivity index (χ1v) is 19.9. The molecule has 3 aromatic rings. The van der Waals surface area contributed by atoms with Crippen LogP contribution >= 0.6 is 0 Å². The van der Waals surface area contributed by atoms with E-state index in [0.29, 0.717) is 0 Å². The molecule has 0 spiro atoms. The molecular formula is C45H55N5O11. The van der Waals surface area contributed by atoms with E-state index in [1.54, 1.807) is 39.8 Å². The van der Waals surface area contributed by atoms with Crippen LogP contribution in [0, 0.1) is 30.6 Å². The number of aliphatic imine (C=N–C) groups is 1. The van der Waals surface area contributed by atoms with Gasteiger partial charge in [-0.3, -0.25) is 14.4 Å². The summed E-state index contributed by atoms with van der Waals surface area (Å²) in [7, 11) is 1.44. The number of Topliss-reactive ketones (excluding diaryl/α,β-unsaturated/α-hetero) is 1. The third-order valence-corrected chi connectivity index (χ3v) is 11.4. The summed E-state index contributed by atoms with van der Waals surface area (Å²) in [6, 6.07) is 10.6. The number of aliphatic hydroxyl groups excluding tert-OH is 2. The summed E-state index contributed by atoms with van der Waals surface area (Å²) in [5.74, 6) is -7.75. The molecule has 0 aromatic heterocycles. The number of allylic oxidation sites excluding steroid dienone is 2. The second-order valence-corrected chi connectivity index (χ2v) is 15.8. The molecule has 3 aliphatic rings. The summed E-state index contributed by atoms with van der Waals surface area (Å²) in [6.07, 6.45) is 3.61. The van der Waals surface area contributed by atoms with E-state index in [9.17, 15) is 34.8 Å². The predicted octanol–water partition coefficient (Wildman–Crippen LogP) is 6.65. The van der Waals surface area contributed by atoms with Crippen LogP contribution in [0.25, 0.3) is 10.8 Å². The summed E-state index contributed by atoms with van der Waals surface area (Å²) in [4.78, 5) is 44.7. The first-order chi connectivity index (χ1) is 28.8. The van der Waals surface area contributed by atoms with Crippen molar-refractivity contribution in [1.82, 2.24) is 0 Å². The second kappa shape index (κ2) is 19.1. The van der Waals surface area contributed by atoms with Crippen molar-refractivity contribution in [2.24, 2.45) is 44.6 Å². The van der Waals surface area contributed by atoms with Crippen LogP contribution in [0.3, 0.4) is 0 Å². The minimum absolute atomic E-state index is 0.0553. The third-order valence-electron chi connectivity index (χ3n) is 11.4. The monoisotopic (exact) mass is 841 g/mol. The highest BCUT2D eigenvalue weighted by molar-refractivity contribution is 6.22. The summed E-state index contributed by atoms with van der Waals surface area (Å²) < 4.78 is 23.7. The van der Waals surface area contributed by atoms with Crippen LogP contribution in [0.2, 0.25) is 0 Å². The number of phenols is 2. The average molecular weight is 842 g/mol. The van der Waals surface area contributed by atoms with E-state index < -0.39 is 83.0 Å². The lowest BCUT2D eigenvalue weighted by molar-refractivity contribution is -0.160. The third kappa shape index (κ3) is 9.77. The lowest BCUT2D eigenvalue weighted by Gasteiger charge is -2.38. The fourth-order valence-electron chi connectivity index (χ4n) is 7.62. The molecule has 3 heterocycles. The molecule has 16 heteroatoms. The Hall–Kier alpha value is -6.10. The van der Waals surface area contributed by atoms with Crippen molar-refractivity contribution in [2.45, 2.75) is 92.1 Å². The zero-order valence-corrected chi connectivity index (χ0v) is 35.7. The van der Waals surface area contributed by atoms with Crippen molar-refractivity contribution in [3.63, 3.8) is 0 Å². The Bertz CT molecular complexity index is 2310. The molecule has 0 radical (unpaired) electrons. The summed E-state index contributed by atoms with van der Waals surface area (Å²) >= 11 is 0. The van der Waals surface area contributed by atoms with Crippen molar-refractivity contribution in [2.75, 3.05) is 12.4 Å². The number of benzene rings is 3. The van der Waals surface area contributed by atoms with Gasteiger partial charge in [0.1, 0.15) is 17.6 Å². The standard InChI is InChI=1S/C45H55N5O11/c1-22-14-13-15-23(2)43(57)48-31-20-30(49-50-44(46)47-21-29-16-11-10-12-17-29)33-34(39(31)55)38(54)27(6)41-35(33)42(56)45(8,61-41)59-19-18-32(58-9)24(3)40(60-28(7)51)26(5)37(53)25(4)36(22)52/h10-20,22,24-26,32,36-37,40,52-55H,21H2,1-9H3,(H2,46,47)(H,48,57)/b14-13+,19-18+,23-15-,50-49?. The number of hydrogen-bond donors (Lipinski definition) is 6. The van der Waals surface area contributed by atoms with Gasteiger partial charge in [0.15, 0.2) is 5.75 Å². The van der Waals surface area contributed by atoms with Crippen LogP contribution in [-0.2, 0) is 30.3 Å². The number of methoxy groups -OCH3 is 1. The number of phenolic OH excluding ortho intramolecular Hbond substituents is 2. The van der Waals surface area contributed by atoms with Crippen LogP contribution in [-0.4, -0.2) is 81.4 Å². The minimum Gasteiger partial charge on any atom is -0.507 e. The van der Waals surface area contributed by atoms with Crippen molar-refractivity contribution >= 4 is 45.8 Å². The van der Waals surface area contributed by atoms with E-state index in [1.165, 1.54) is 59.3 Å². The van der Waals surface area contributed by atoms with Gasteiger partial charge < -0.3 is 50.4 Å². The largest absolute Gasteiger partial charge is 0.507 e. The predicted molar refractivity (Wildman–Crippen MR) is 228 cm³/mol. The number of azo groups is 1. The van der Waals surface area contributed by atoms with Gasteiger partial charge in [-0.15, -0.1) is 10.2 Å². The van der Waals surface area contributed by atoms with Crippen LogP contribution in [0.5, 0.6) is 17.2 Å². The average Bonchev–Trinajstić information content (AvgIpc) is 3.50. The molecule has 61 heavy (non-hydrogen) atoms. The van der Waals surface area contributed by atoms with E-state index in [4.69, 9.17) is 24.7 Å². The molecule has 0 saturated heterocycles. The molecule has 1 amide bonds. The van der Waals surface area contributed by atoms with Crippen molar-refractivity contribution in [3.05, 3.63) is 89.2 Å². The number of guanidine groups is 1. The van der Waals surface area contributed by atoms with E-state index in [0.717, 1.165) is 5.56 Å². The fourth-order valence-corrected chi connectivity index (χ4v) is 7.62. The summed E-state index contributed by atoms with van der Waals surface area (Å²) in [5, 5.41) is 57.0. The van der Waals surface area contributed by atoms with Gasteiger partial charge in [0.2, 0.25) is 5.96 Å². The number of aromatic hydroxyl groups is 2. The number of hydrogen-bond acceptors (Lipinski definition) is 13. The normalized spacial score (nSPS) is 29.8. The quantitative estimate of drug-likeness (QED) is 0.0520. The van der Waals surface area contributed by atoms with Crippen LogP contribution in [0.15, 0.2) is 87.8 Å². The Morgan fingerprint density at radius 1 is 0.967 bits per heavy atom. The van der Waals surface area contributed by atoms with Gasteiger partial charge in [-0.05, 0) is 31.6 Å². The van der Waals surface area contributed by atoms with Gasteiger partial charge in [-0.2, -0.15) is 0 Å². The topological polar surface area (TPSA) is 244 Å². The van der Waals surface area contributed by atoms with E-state index in [2.05, 4.69) is 20.5 Å². The minimum atomic E-state index is -2.02. The second-order valence-electron chi connectivity index (χ2n) is 15.8. The van der Waals surface area contributed by atoms with E-state index >= 15 is 0 Å². The lowest BCUT2D eigenvalue weighted by Crippen LogP contribution is -2.46. The Morgan fingerprint density at radius 3 is 2.31 bits per heavy atom. The molecule has 9 atom stereocenters. The van der Waals surface area contributed by atoms with Gasteiger partial charge in [0.25, 0.3) is 11.7 Å². The van der Waals surface area contributed by atoms with Crippen LogP contribution in [0.1, 0.15) is 70.0 Å². The molecule has 16 nitrogen and oxygen atoms in total. The van der Waals surface area contributed by atoms with Crippen molar-refractivity contribution in [3.8, 4) is 17.2 Å². The number of ether oxygens (including phenoxy) is 4. The highest BCUT2D eigenvalue weighted by Gasteiger charge is 2.49. The number of fused-ring (bicyclic) bond motifs is 14. The molecule has 0 aliphatic carbocycles. The first-order valence-electron chi connectivity index (χ1n) is 19.9. The van der Waals surface area contributed by atoms with Gasteiger partial charge in [0.05, 0.1) is 53.4 Å². The molecule has 3 aliphatic heterocycles. The molecule has 6 rings (SSSR count). The first kappa shape index (κ1) is 46.0. The number of nitrogens with one attached hydrogen (secondary N) is 1. The smallest absolute Gasteiger partial charge is 0.312 e. The number of aliphatic hydroxyl groups is 2. The van der Waals surface area contributed by atoms with Crippen molar-refractivity contribution in [1.29, 1.82) is 0 Å². The van der Waals surface area contributed by atoms with Crippen LogP contribution in [0.4, 0.5) is 11.4 Å². The maximum Gasteiger partial charge on any atom is 0.312 e. The maximum absolute atomic E-state index is 14.5. The van der Waals surface area contributed by atoms with Gasteiger partial charge in [-0.25, -0.2) is 4.99 Å². The molecule has 3 aromatic carbocycles. The summed E-state index contributed by atoms with van der Waals surface area (Å²) in [5.41, 5.74) is 6.92. The van der Waals surface area contributed by atoms with Crippen molar-refractivity contribution < 1.29 is 53.8 Å². The number of anilines is 1. The van der Waals surface area contributed by atoms with E-state index in [1.807, 2.05) is 30.3 Å². The number of esters is 1. The van der Waals surface area contributed by atoms with Crippen LogP contribution < -0.4 is 15.8 Å². The SMILES string of the molecule is COC1/C=C/OC2(C)Oc3c(C)c(O)c4c(O)c(cc(N=NC(N)=NCc5ccccc5)c4c3C2=O)NC(=O)/C(C)=C\C=C\C(C)C(O)C(C)C(O)C(C)C(OC(C)=O)C1C. The molecule has 0 fully saturated rings. The Kier molecular flexibility index (Phi) is 14.4. The Morgan fingerprint density at radius 2 is 1.66 bits per heavy atom. The molecule has 7 N–H and O–H groups in total.